The number of ether oxygens (including phenoxy) is 1. The van der Waals surface area contributed by atoms with E-state index in [1.807, 2.05) is 37.3 Å². The first-order chi connectivity index (χ1) is 9.54. The number of aryl methyl sites for hydroxylation is 1. The van der Waals surface area contributed by atoms with E-state index in [0.29, 0.717) is 6.61 Å². The van der Waals surface area contributed by atoms with Gasteiger partial charge < -0.3 is 4.74 Å². The number of alkyl halides is 1. The molecule has 1 unspecified atom stereocenters. The zero-order chi connectivity index (χ0) is 14.7. The molecular formula is C16H15Br2ClO. The van der Waals surface area contributed by atoms with E-state index < -0.39 is 0 Å². The Morgan fingerprint density at radius 1 is 1.15 bits per heavy atom. The molecule has 0 fully saturated rings. The lowest BCUT2D eigenvalue weighted by atomic mass is 10.0. The van der Waals surface area contributed by atoms with E-state index >= 15 is 0 Å². The standard InChI is InChI=1S/C16H15Br2ClO/c1-3-20-11-7-8-12(14(17)9-11)16(19)13-6-4-5-10(2)15(13)18/h4-9,16H,3H2,1-2H3. The molecule has 0 aliphatic heterocycles. The minimum Gasteiger partial charge on any atom is -0.494 e. The van der Waals surface area contributed by atoms with Crippen LogP contribution < -0.4 is 4.74 Å². The van der Waals surface area contributed by atoms with E-state index in [4.69, 9.17) is 16.3 Å². The largest absolute Gasteiger partial charge is 0.494 e. The number of benzene rings is 2. The first-order valence-corrected chi connectivity index (χ1v) is 8.38. The second-order valence-corrected chi connectivity index (χ2v) is 6.54. The van der Waals surface area contributed by atoms with E-state index in [1.165, 1.54) is 5.56 Å². The third-order valence-electron chi connectivity index (χ3n) is 3.05. The van der Waals surface area contributed by atoms with Gasteiger partial charge in [0.15, 0.2) is 0 Å². The molecule has 0 amide bonds. The predicted molar refractivity (Wildman–Crippen MR) is 91.9 cm³/mol. The lowest BCUT2D eigenvalue weighted by Gasteiger charge is -2.16. The van der Waals surface area contributed by atoms with Gasteiger partial charge in [-0.25, -0.2) is 0 Å². The molecule has 1 nitrogen and oxygen atoms in total. The van der Waals surface area contributed by atoms with Crippen molar-refractivity contribution < 1.29 is 4.74 Å². The van der Waals surface area contributed by atoms with Crippen molar-refractivity contribution in [1.29, 1.82) is 0 Å². The quantitative estimate of drug-likeness (QED) is 0.534. The van der Waals surface area contributed by atoms with Crippen LogP contribution in [0, 0.1) is 6.92 Å². The zero-order valence-corrected chi connectivity index (χ0v) is 15.2. The van der Waals surface area contributed by atoms with Crippen LogP contribution in [0.15, 0.2) is 45.3 Å². The summed E-state index contributed by atoms with van der Waals surface area (Å²) in [5, 5.41) is -0.214. The number of rotatable bonds is 4. The first-order valence-electron chi connectivity index (χ1n) is 6.36. The Labute approximate surface area is 141 Å². The molecule has 2 aromatic carbocycles. The van der Waals surface area contributed by atoms with E-state index in [9.17, 15) is 0 Å². The fourth-order valence-corrected chi connectivity index (χ4v) is 3.72. The Bertz CT molecular complexity index is 613. The van der Waals surface area contributed by atoms with Crippen LogP contribution >= 0.6 is 43.5 Å². The maximum absolute atomic E-state index is 6.64. The van der Waals surface area contributed by atoms with Gasteiger partial charge >= 0.3 is 0 Å². The van der Waals surface area contributed by atoms with Gasteiger partial charge in [0.05, 0.1) is 12.0 Å². The second-order valence-electron chi connectivity index (χ2n) is 4.46. The van der Waals surface area contributed by atoms with E-state index in [2.05, 4.69) is 44.8 Å². The van der Waals surface area contributed by atoms with Crippen LogP contribution in [0.2, 0.25) is 0 Å². The second kappa shape index (κ2) is 6.97. The van der Waals surface area contributed by atoms with Crippen molar-refractivity contribution in [3.8, 4) is 5.75 Å². The molecule has 0 saturated carbocycles. The first kappa shape index (κ1) is 15.9. The maximum atomic E-state index is 6.64. The molecule has 20 heavy (non-hydrogen) atoms. The molecule has 1 atom stereocenters. The summed E-state index contributed by atoms with van der Waals surface area (Å²) in [4.78, 5) is 0. The lowest BCUT2D eigenvalue weighted by Crippen LogP contribution is -1.98. The summed E-state index contributed by atoms with van der Waals surface area (Å²) in [6.07, 6.45) is 0. The third-order valence-corrected chi connectivity index (χ3v) is 5.29. The Morgan fingerprint density at radius 2 is 1.90 bits per heavy atom. The number of halogens is 3. The number of hydrogen-bond acceptors (Lipinski definition) is 1. The van der Waals surface area contributed by atoms with Gasteiger partial charge in [-0.2, -0.15) is 0 Å². The molecule has 0 aliphatic carbocycles. The van der Waals surface area contributed by atoms with Gasteiger partial charge in [0.2, 0.25) is 0 Å². The van der Waals surface area contributed by atoms with E-state index in [-0.39, 0.29) is 5.38 Å². The Hall–Kier alpha value is -0.510. The minimum atomic E-state index is -0.214. The van der Waals surface area contributed by atoms with Gasteiger partial charge in [-0.05, 0) is 42.7 Å². The monoisotopic (exact) mass is 416 g/mol. The van der Waals surface area contributed by atoms with Gasteiger partial charge in [-0.15, -0.1) is 11.6 Å². The van der Waals surface area contributed by atoms with Crippen molar-refractivity contribution in [3.05, 3.63) is 62.0 Å². The van der Waals surface area contributed by atoms with Crippen molar-refractivity contribution >= 4 is 43.5 Å². The Kier molecular flexibility index (Phi) is 5.53. The van der Waals surface area contributed by atoms with Crippen LogP contribution in [0.1, 0.15) is 29.0 Å². The molecule has 106 valence electrons. The highest BCUT2D eigenvalue weighted by molar-refractivity contribution is 9.10. The molecule has 0 heterocycles. The van der Waals surface area contributed by atoms with Crippen LogP contribution in [-0.4, -0.2) is 6.61 Å². The molecule has 0 spiro atoms. The van der Waals surface area contributed by atoms with Gasteiger partial charge in [-0.3, -0.25) is 0 Å². The zero-order valence-electron chi connectivity index (χ0n) is 11.3. The lowest BCUT2D eigenvalue weighted by molar-refractivity contribution is 0.340. The van der Waals surface area contributed by atoms with Crippen molar-refractivity contribution in [3.63, 3.8) is 0 Å². The summed E-state index contributed by atoms with van der Waals surface area (Å²) in [5.74, 6) is 0.843. The summed E-state index contributed by atoms with van der Waals surface area (Å²) in [5.41, 5.74) is 3.27. The van der Waals surface area contributed by atoms with Crippen molar-refractivity contribution in [1.82, 2.24) is 0 Å². The molecular weight excluding hydrogens is 403 g/mol. The normalized spacial score (nSPS) is 12.2. The van der Waals surface area contributed by atoms with Crippen molar-refractivity contribution in [2.45, 2.75) is 19.2 Å². The van der Waals surface area contributed by atoms with Crippen LogP contribution in [0.3, 0.4) is 0 Å². The highest BCUT2D eigenvalue weighted by Crippen LogP contribution is 2.39. The van der Waals surface area contributed by atoms with Gasteiger partial charge in [-0.1, -0.05) is 56.1 Å². The van der Waals surface area contributed by atoms with E-state index in [1.54, 1.807) is 0 Å². The molecule has 2 rings (SSSR count). The minimum absolute atomic E-state index is 0.214. The molecule has 0 radical (unpaired) electrons. The van der Waals surface area contributed by atoms with Crippen LogP contribution in [0.4, 0.5) is 0 Å². The smallest absolute Gasteiger partial charge is 0.120 e. The Morgan fingerprint density at radius 3 is 2.55 bits per heavy atom. The highest BCUT2D eigenvalue weighted by atomic mass is 79.9. The molecule has 0 aromatic heterocycles. The summed E-state index contributed by atoms with van der Waals surface area (Å²) in [6.45, 7) is 4.68. The highest BCUT2D eigenvalue weighted by Gasteiger charge is 2.17. The number of hydrogen-bond donors (Lipinski definition) is 0. The van der Waals surface area contributed by atoms with Crippen LogP contribution in [0.25, 0.3) is 0 Å². The van der Waals surface area contributed by atoms with E-state index in [0.717, 1.165) is 25.8 Å². The van der Waals surface area contributed by atoms with Crippen LogP contribution in [0.5, 0.6) is 5.75 Å². The average Bonchev–Trinajstić information content (AvgIpc) is 2.42. The van der Waals surface area contributed by atoms with Gasteiger partial charge in [0, 0.05) is 8.95 Å². The average molecular weight is 419 g/mol. The van der Waals surface area contributed by atoms with Crippen molar-refractivity contribution in [2.75, 3.05) is 6.61 Å². The topological polar surface area (TPSA) is 9.23 Å². The molecule has 4 heteroatoms. The molecule has 0 saturated heterocycles. The molecule has 0 N–H and O–H groups in total. The molecule has 2 aromatic rings. The van der Waals surface area contributed by atoms with Gasteiger partial charge in [0.25, 0.3) is 0 Å². The molecule has 0 bridgehead atoms. The predicted octanol–water partition coefficient (Wildman–Crippen LogP) is 6.25. The van der Waals surface area contributed by atoms with Crippen LogP contribution in [-0.2, 0) is 0 Å². The summed E-state index contributed by atoms with van der Waals surface area (Å²) in [6, 6.07) is 12.0. The van der Waals surface area contributed by atoms with Crippen molar-refractivity contribution in [2.24, 2.45) is 0 Å². The summed E-state index contributed by atoms with van der Waals surface area (Å²) in [7, 11) is 0. The maximum Gasteiger partial charge on any atom is 0.120 e. The SMILES string of the molecule is CCOc1ccc(C(Cl)c2cccc(C)c2Br)c(Br)c1. The third kappa shape index (κ3) is 3.38. The molecule has 0 aliphatic rings. The Balaban J connectivity index is 2.38. The van der Waals surface area contributed by atoms with Gasteiger partial charge in [0.1, 0.15) is 5.75 Å². The summed E-state index contributed by atoms with van der Waals surface area (Å²) < 4.78 is 7.50. The summed E-state index contributed by atoms with van der Waals surface area (Å²) >= 11 is 13.8. The fraction of sp³-hybridized carbons (Fsp3) is 0.250. The fourth-order valence-electron chi connectivity index (χ4n) is 2.00.